The Labute approximate surface area is 297 Å². The van der Waals surface area contributed by atoms with Crippen molar-refractivity contribution >= 4 is 45.9 Å². The molecule has 50 heavy (non-hydrogen) atoms. The largest absolute Gasteiger partial charge is 0.469 e. The molecule has 13 nitrogen and oxygen atoms in total. The van der Waals surface area contributed by atoms with E-state index in [0.717, 1.165) is 72.4 Å². The number of anilines is 2. The van der Waals surface area contributed by atoms with Crippen molar-refractivity contribution in [2.75, 3.05) is 76.0 Å². The highest BCUT2D eigenvalue weighted by atomic mass is 35.5. The van der Waals surface area contributed by atoms with Crippen LogP contribution in [0, 0.1) is 11.3 Å². The smallest absolute Gasteiger partial charge is 0.407 e. The average molecular weight is 706 g/mol. The number of fused-ring (bicyclic) bond motifs is 2. The third-order valence-electron chi connectivity index (χ3n) is 9.87. The lowest BCUT2D eigenvalue weighted by Gasteiger charge is -2.41. The highest BCUT2D eigenvalue weighted by Crippen LogP contribution is 2.37. The zero-order valence-electron chi connectivity index (χ0n) is 28.4. The Balaban J connectivity index is 1.21. The summed E-state index contributed by atoms with van der Waals surface area (Å²) in [6, 6.07) is 14.3. The van der Waals surface area contributed by atoms with Crippen LogP contribution in [-0.4, -0.2) is 115 Å². The fraction of sp³-hybridized carbons (Fsp3) is 0.528. The Morgan fingerprint density at radius 1 is 1.06 bits per heavy atom. The predicted molar refractivity (Wildman–Crippen MR) is 189 cm³/mol. The molecular weight excluding hydrogens is 662 g/mol. The second kappa shape index (κ2) is 16.6. The maximum atomic E-state index is 12.0. The molecule has 2 saturated heterocycles. The number of rotatable bonds is 13. The summed E-state index contributed by atoms with van der Waals surface area (Å²) in [5.74, 6) is 0.477. The van der Waals surface area contributed by atoms with E-state index in [1.807, 2.05) is 18.2 Å². The molecule has 2 unspecified atom stereocenters. The number of carboxylic acid groups (broad SMARTS) is 1. The topological polar surface area (TPSA) is 145 Å². The molecule has 3 aromatic rings. The Kier molecular flexibility index (Phi) is 11.7. The minimum absolute atomic E-state index is 0.100. The van der Waals surface area contributed by atoms with Gasteiger partial charge in [0, 0.05) is 62.0 Å². The van der Waals surface area contributed by atoms with Crippen LogP contribution in [0.3, 0.4) is 0 Å². The zero-order chi connectivity index (χ0) is 35.0. The Bertz CT molecular complexity index is 1710. The Morgan fingerprint density at radius 2 is 1.90 bits per heavy atom. The molecule has 4 heterocycles. The van der Waals surface area contributed by atoms with Gasteiger partial charge in [0.25, 0.3) is 0 Å². The molecule has 3 aliphatic heterocycles. The number of nitrogens with zero attached hydrogens (tertiary/aromatic N) is 7. The van der Waals surface area contributed by atoms with E-state index in [2.05, 4.69) is 43.7 Å². The number of ether oxygens (including phenoxy) is 3. The molecule has 2 atom stereocenters. The van der Waals surface area contributed by atoms with E-state index >= 15 is 0 Å². The number of carbonyl (C=O) groups is 2. The summed E-state index contributed by atoms with van der Waals surface area (Å²) in [6.07, 6.45) is 2.94. The van der Waals surface area contributed by atoms with Crippen molar-refractivity contribution in [2.24, 2.45) is 0 Å². The van der Waals surface area contributed by atoms with Gasteiger partial charge in [-0.05, 0) is 49.7 Å². The van der Waals surface area contributed by atoms with Crippen molar-refractivity contribution in [1.82, 2.24) is 19.8 Å². The van der Waals surface area contributed by atoms with E-state index in [4.69, 9.17) is 31.0 Å². The molecule has 0 radical (unpaired) electrons. The molecule has 266 valence electrons. The van der Waals surface area contributed by atoms with Crippen LogP contribution < -0.4 is 14.5 Å². The average Bonchev–Trinajstić information content (AvgIpc) is 3.58. The first-order valence-corrected chi connectivity index (χ1v) is 17.7. The summed E-state index contributed by atoms with van der Waals surface area (Å²) in [7, 11) is 1.37. The molecule has 0 aliphatic carbocycles. The summed E-state index contributed by atoms with van der Waals surface area (Å²) < 4.78 is 16.7. The summed E-state index contributed by atoms with van der Waals surface area (Å²) >= 11 is 6.72. The van der Waals surface area contributed by atoms with E-state index in [1.54, 1.807) is 0 Å². The first kappa shape index (κ1) is 35.4. The second-order valence-electron chi connectivity index (χ2n) is 12.9. The number of carbonyl (C=O) groups excluding carboxylic acids is 1. The standard InChI is InChI=1S/C36H44ClN7O6/c1-48-32(45)13-21-49-20-5-16-41-15-4-8-27(41)24-50-35-39-30-23-42(31-10-3-7-25-6-2-9-29(37)33(25)31)17-12-28(30)34(40-35)43-18-19-44(36(46)47)26(22-43)11-14-38/h2-3,6-7,9-10,26-27H,4-5,8,11-13,15-24H2,1H3,(H,46,47). The fourth-order valence-corrected chi connectivity index (χ4v) is 7.60. The van der Waals surface area contributed by atoms with Gasteiger partial charge < -0.3 is 34.0 Å². The lowest BCUT2D eigenvalue weighted by Crippen LogP contribution is -2.55. The molecule has 2 aromatic carbocycles. The maximum Gasteiger partial charge on any atom is 0.407 e. The van der Waals surface area contributed by atoms with Crippen LogP contribution >= 0.6 is 11.6 Å². The van der Waals surface area contributed by atoms with Crippen molar-refractivity contribution in [3.8, 4) is 12.1 Å². The Morgan fingerprint density at radius 3 is 2.70 bits per heavy atom. The van der Waals surface area contributed by atoms with Crippen molar-refractivity contribution < 1.29 is 28.9 Å². The van der Waals surface area contributed by atoms with Crippen molar-refractivity contribution in [1.29, 1.82) is 5.26 Å². The molecule has 0 bridgehead atoms. The molecule has 0 spiro atoms. The number of hydrogen-bond acceptors (Lipinski definition) is 11. The third kappa shape index (κ3) is 8.15. The number of piperazine rings is 1. The molecule has 0 saturated carbocycles. The normalized spacial score (nSPS) is 19.3. The van der Waals surface area contributed by atoms with E-state index in [1.165, 1.54) is 12.0 Å². The SMILES string of the molecule is COC(=O)CCOCCCN1CCCC1COc1nc2c(c(N3CCN(C(=O)O)C(CC#N)C3)n1)CCN(c1cccc3cccc(Cl)c13)C2. The van der Waals surface area contributed by atoms with Gasteiger partial charge in [0.15, 0.2) is 0 Å². The summed E-state index contributed by atoms with van der Waals surface area (Å²) in [5, 5.41) is 22.0. The Hall–Kier alpha value is -4.38. The minimum Gasteiger partial charge on any atom is -0.469 e. The maximum absolute atomic E-state index is 12.0. The van der Waals surface area contributed by atoms with E-state index in [-0.39, 0.29) is 31.4 Å². The van der Waals surface area contributed by atoms with Gasteiger partial charge >= 0.3 is 18.1 Å². The number of nitriles is 1. The summed E-state index contributed by atoms with van der Waals surface area (Å²) in [5.41, 5.74) is 2.93. The lowest BCUT2D eigenvalue weighted by molar-refractivity contribution is -0.141. The van der Waals surface area contributed by atoms with Gasteiger partial charge in [-0.1, -0.05) is 35.9 Å². The number of amides is 1. The van der Waals surface area contributed by atoms with Crippen LogP contribution in [-0.2, 0) is 27.2 Å². The van der Waals surface area contributed by atoms with Gasteiger partial charge in [0.2, 0.25) is 0 Å². The number of hydrogen-bond donors (Lipinski definition) is 1. The summed E-state index contributed by atoms with van der Waals surface area (Å²) in [4.78, 5) is 41.4. The number of likely N-dealkylation sites (tertiary alicyclic amines) is 1. The van der Waals surface area contributed by atoms with E-state index in [9.17, 15) is 20.0 Å². The van der Waals surface area contributed by atoms with Gasteiger partial charge in [-0.2, -0.15) is 15.2 Å². The molecule has 2 fully saturated rings. The molecular formula is C36H44ClN7O6. The fourth-order valence-electron chi connectivity index (χ4n) is 7.32. The van der Waals surface area contributed by atoms with E-state index in [0.29, 0.717) is 56.9 Å². The lowest BCUT2D eigenvalue weighted by atomic mass is 10.0. The van der Waals surface area contributed by atoms with Crippen molar-refractivity contribution in [3.05, 3.63) is 52.7 Å². The minimum atomic E-state index is -1.02. The van der Waals surface area contributed by atoms with Gasteiger partial charge in [0.1, 0.15) is 12.4 Å². The molecule has 14 heteroatoms. The predicted octanol–water partition coefficient (Wildman–Crippen LogP) is 4.74. The quantitative estimate of drug-likeness (QED) is 0.194. The van der Waals surface area contributed by atoms with Crippen LogP contribution in [0.4, 0.5) is 16.3 Å². The highest BCUT2D eigenvalue weighted by Gasteiger charge is 2.34. The number of halogens is 1. The van der Waals surface area contributed by atoms with Gasteiger partial charge in [-0.15, -0.1) is 0 Å². The van der Waals surface area contributed by atoms with Gasteiger partial charge in [-0.3, -0.25) is 9.69 Å². The first-order valence-electron chi connectivity index (χ1n) is 17.3. The number of benzene rings is 2. The van der Waals surface area contributed by atoms with Crippen molar-refractivity contribution in [2.45, 2.75) is 57.2 Å². The zero-order valence-corrected chi connectivity index (χ0v) is 29.2. The highest BCUT2D eigenvalue weighted by molar-refractivity contribution is 6.36. The number of aromatic nitrogens is 2. The third-order valence-corrected chi connectivity index (χ3v) is 10.2. The second-order valence-corrected chi connectivity index (χ2v) is 13.3. The molecule has 3 aliphatic rings. The summed E-state index contributed by atoms with van der Waals surface area (Å²) in [6.45, 7) is 5.56. The monoisotopic (exact) mass is 705 g/mol. The molecule has 1 N–H and O–H groups in total. The van der Waals surface area contributed by atoms with Crippen LogP contribution in [0.25, 0.3) is 10.8 Å². The van der Waals surface area contributed by atoms with E-state index < -0.39 is 12.1 Å². The van der Waals surface area contributed by atoms with Crippen LogP contribution in [0.5, 0.6) is 6.01 Å². The molecule has 1 amide bonds. The van der Waals surface area contributed by atoms with Gasteiger partial charge in [-0.25, -0.2) is 4.79 Å². The van der Waals surface area contributed by atoms with Crippen molar-refractivity contribution in [3.63, 3.8) is 0 Å². The first-order chi connectivity index (χ1) is 24.4. The number of esters is 1. The van der Waals surface area contributed by atoms with Gasteiger partial charge in [0.05, 0.1) is 55.9 Å². The van der Waals surface area contributed by atoms with Crippen LogP contribution in [0.1, 0.15) is 43.4 Å². The van der Waals surface area contributed by atoms with Crippen LogP contribution in [0.2, 0.25) is 5.02 Å². The molecule has 6 rings (SSSR count). The molecule has 1 aromatic heterocycles. The number of methoxy groups -OCH3 is 1. The van der Waals surface area contributed by atoms with Crippen LogP contribution in [0.15, 0.2) is 36.4 Å².